The first kappa shape index (κ1) is 22.5. The normalized spacial score (nSPS) is 19.6. The standard InChI is InChI=1S/C25H32N8O/c1-4-20-8-5-7-18(2)23(20)33-24(28-29-31-33)25(3,11-10-22-9-6-14-34-22)26-17-19-15-21(16-19)32-13-12-27-30-32/h5-9,12-14,19,21,26H,4,10-11,15-17H2,1-3H3. The first-order chi connectivity index (χ1) is 16.6. The highest BCUT2D eigenvalue weighted by Crippen LogP contribution is 2.38. The fraction of sp³-hybridized carbons (Fsp3) is 0.480. The molecule has 1 unspecified atom stereocenters. The summed E-state index contributed by atoms with van der Waals surface area (Å²) < 4.78 is 9.53. The van der Waals surface area contributed by atoms with Crippen LogP contribution in [0.15, 0.2) is 53.4 Å². The van der Waals surface area contributed by atoms with Crippen LogP contribution in [0.2, 0.25) is 0 Å². The lowest BCUT2D eigenvalue weighted by Crippen LogP contribution is -2.47. The molecule has 1 saturated carbocycles. The number of para-hydroxylation sites is 1. The SMILES string of the molecule is CCc1cccc(C)c1-n1nnnc1C(C)(CCc1ccco1)NCC1CC(n2ccnn2)C1. The molecule has 34 heavy (non-hydrogen) atoms. The Morgan fingerprint density at radius 1 is 1.18 bits per heavy atom. The van der Waals surface area contributed by atoms with Gasteiger partial charge in [-0.15, -0.1) is 10.2 Å². The molecule has 0 aliphatic heterocycles. The Balaban J connectivity index is 1.39. The summed E-state index contributed by atoms with van der Waals surface area (Å²) >= 11 is 0. The average Bonchev–Trinajstić information content (AvgIpc) is 3.59. The molecule has 9 heteroatoms. The van der Waals surface area contributed by atoms with Crippen molar-refractivity contribution in [3.8, 4) is 5.69 Å². The van der Waals surface area contributed by atoms with Crippen molar-refractivity contribution in [3.05, 3.63) is 71.7 Å². The summed E-state index contributed by atoms with van der Waals surface area (Å²) in [7, 11) is 0. The van der Waals surface area contributed by atoms with Crippen LogP contribution in [-0.2, 0) is 18.4 Å². The summed E-state index contributed by atoms with van der Waals surface area (Å²) in [6.45, 7) is 7.38. The second-order valence-electron chi connectivity index (χ2n) is 9.52. The van der Waals surface area contributed by atoms with Crippen LogP contribution in [0.1, 0.15) is 61.9 Å². The minimum Gasteiger partial charge on any atom is -0.469 e. The van der Waals surface area contributed by atoms with Crippen LogP contribution in [0, 0.1) is 12.8 Å². The van der Waals surface area contributed by atoms with Crippen molar-refractivity contribution in [2.24, 2.45) is 5.92 Å². The van der Waals surface area contributed by atoms with Crippen LogP contribution in [0.25, 0.3) is 5.69 Å². The van der Waals surface area contributed by atoms with Crippen LogP contribution < -0.4 is 5.32 Å². The summed E-state index contributed by atoms with van der Waals surface area (Å²) in [6.07, 6.45) is 10.1. The Hall–Kier alpha value is -3.33. The zero-order valence-corrected chi connectivity index (χ0v) is 20.1. The Bertz CT molecular complexity index is 1190. The molecular weight excluding hydrogens is 428 g/mol. The number of furan rings is 1. The maximum absolute atomic E-state index is 5.63. The Morgan fingerprint density at radius 2 is 2.06 bits per heavy atom. The quantitative estimate of drug-likeness (QED) is 0.384. The molecular formula is C25H32N8O. The van der Waals surface area contributed by atoms with Gasteiger partial charge in [0.15, 0.2) is 5.82 Å². The van der Waals surface area contributed by atoms with Crippen LogP contribution in [0.3, 0.4) is 0 Å². The first-order valence-corrected chi connectivity index (χ1v) is 12.1. The van der Waals surface area contributed by atoms with E-state index in [4.69, 9.17) is 4.42 Å². The molecule has 3 heterocycles. The lowest BCUT2D eigenvalue weighted by atomic mass is 9.79. The van der Waals surface area contributed by atoms with Gasteiger partial charge in [0.25, 0.3) is 0 Å². The van der Waals surface area contributed by atoms with Gasteiger partial charge in [0.1, 0.15) is 5.76 Å². The van der Waals surface area contributed by atoms with E-state index < -0.39 is 5.54 Å². The molecule has 9 nitrogen and oxygen atoms in total. The number of rotatable bonds is 10. The highest BCUT2D eigenvalue weighted by molar-refractivity contribution is 5.47. The largest absolute Gasteiger partial charge is 0.469 e. The van der Waals surface area contributed by atoms with Gasteiger partial charge in [0.2, 0.25) is 0 Å². The van der Waals surface area contributed by atoms with Gasteiger partial charge in [0, 0.05) is 12.6 Å². The molecule has 3 aromatic heterocycles. The molecule has 1 aliphatic carbocycles. The van der Waals surface area contributed by atoms with E-state index in [1.807, 2.05) is 27.7 Å². The fourth-order valence-electron chi connectivity index (χ4n) is 4.96. The average molecular weight is 461 g/mol. The lowest BCUT2D eigenvalue weighted by molar-refractivity contribution is 0.157. The van der Waals surface area contributed by atoms with Crippen LogP contribution in [-0.4, -0.2) is 41.7 Å². The Kier molecular flexibility index (Phi) is 6.28. The summed E-state index contributed by atoms with van der Waals surface area (Å²) in [5, 5.41) is 25.0. The number of nitrogens with zero attached hydrogens (tertiary/aromatic N) is 7. The number of hydrogen-bond donors (Lipinski definition) is 1. The second-order valence-corrected chi connectivity index (χ2v) is 9.52. The van der Waals surface area contributed by atoms with Gasteiger partial charge in [-0.2, -0.15) is 4.68 Å². The fourth-order valence-corrected chi connectivity index (χ4v) is 4.96. The summed E-state index contributed by atoms with van der Waals surface area (Å²) in [5.74, 6) is 2.37. The number of benzene rings is 1. The molecule has 0 amide bonds. The lowest BCUT2D eigenvalue weighted by Gasteiger charge is -2.38. The molecule has 1 N–H and O–H groups in total. The van der Waals surface area contributed by atoms with Crippen LogP contribution in [0.4, 0.5) is 0 Å². The number of aryl methyl sites for hydroxylation is 3. The molecule has 0 bridgehead atoms. The highest BCUT2D eigenvalue weighted by Gasteiger charge is 2.37. The van der Waals surface area contributed by atoms with Crippen molar-refractivity contribution in [1.82, 2.24) is 40.5 Å². The Morgan fingerprint density at radius 3 is 2.79 bits per heavy atom. The molecule has 4 aromatic rings. The zero-order valence-electron chi connectivity index (χ0n) is 20.1. The first-order valence-electron chi connectivity index (χ1n) is 12.1. The molecule has 178 valence electrons. The minimum atomic E-state index is -0.429. The maximum atomic E-state index is 5.63. The van der Waals surface area contributed by atoms with Gasteiger partial charge < -0.3 is 9.73 Å². The number of hydrogen-bond acceptors (Lipinski definition) is 7. The monoisotopic (exact) mass is 460 g/mol. The third kappa shape index (κ3) is 4.40. The van der Waals surface area contributed by atoms with Crippen LogP contribution >= 0.6 is 0 Å². The number of aromatic nitrogens is 7. The van der Waals surface area contributed by atoms with Gasteiger partial charge >= 0.3 is 0 Å². The van der Waals surface area contributed by atoms with Crippen LogP contribution in [0.5, 0.6) is 0 Å². The second kappa shape index (κ2) is 9.50. The van der Waals surface area contributed by atoms with Gasteiger partial charge in [-0.25, -0.2) is 4.68 Å². The third-order valence-corrected chi connectivity index (χ3v) is 7.14. The molecule has 1 aliphatic rings. The summed E-state index contributed by atoms with van der Waals surface area (Å²) in [4.78, 5) is 0. The molecule has 0 radical (unpaired) electrons. The molecule has 1 fully saturated rings. The summed E-state index contributed by atoms with van der Waals surface area (Å²) in [6, 6.07) is 10.8. The number of nitrogens with one attached hydrogen (secondary N) is 1. The highest BCUT2D eigenvalue weighted by atomic mass is 16.3. The van der Waals surface area contributed by atoms with Crippen molar-refractivity contribution in [2.45, 2.75) is 64.5 Å². The molecule has 1 atom stereocenters. The molecule has 0 saturated heterocycles. The van der Waals surface area contributed by atoms with Crippen molar-refractivity contribution in [2.75, 3.05) is 6.54 Å². The predicted molar refractivity (Wildman–Crippen MR) is 127 cm³/mol. The molecule has 0 spiro atoms. The van der Waals surface area contributed by atoms with Gasteiger partial charge in [0.05, 0.1) is 29.7 Å². The van der Waals surface area contributed by atoms with Gasteiger partial charge in [-0.1, -0.05) is 30.3 Å². The van der Waals surface area contributed by atoms with E-state index in [2.05, 4.69) is 70.1 Å². The van der Waals surface area contributed by atoms with Crippen molar-refractivity contribution < 1.29 is 4.42 Å². The predicted octanol–water partition coefficient (Wildman–Crippen LogP) is 3.81. The van der Waals surface area contributed by atoms with E-state index in [0.717, 1.165) is 61.5 Å². The minimum absolute atomic E-state index is 0.429. The smallest absolute Gasteiger partial charge is 0.176 e. The van der Waals surface area contributed by atoms with E-state index >= 15 is 0 Å². The topological polar surface area (TPSA) is 99.5 Å². The van der Waals surface area contributed by atoms with E-state index in [0.29, 0.717) is 12.0 Å². The van der Waals surface area contributed by atoms with E-state index in [1.165, 1.54) is 5.56 Å². The van der Waals surface area contributed by atoms with Gasteiger partial charge in [-0.3, -0.25) is 0 Å². The van der Waals surface area contributed by atoms with E-state index in [9.17, 15) is 0 Å². The van der Waals surface area contributed by atoms with Gasteiger partial charge in [-0.05, 0) is 85.7 Å². The maximum Gasteiger partial charge on any atom is 0.176 e. The summed E-state index contributed by atoms with van der Waals surface area (Å²) in [5.41, 5.74) is 3.04. The molecule has 5 rings (SSSR count). The molecule has 1 aromatic carbocycles. The van der Waals surface area contributed by atoms with Crippen molar-refractivity contribution >= 4 is 0 Å². The Labute approximate surface area is 199 Å². The van der Waals surface area contributed by atoms with Crippen molar-refractivity contribution in [1.29, 1.82) is 0 Å². The zero-order chi connectivity index (χ0) is 23.5. The van der Waals surface area contributed by atoms with Crippen molar-refractivity contribution in [3.63, 3.8) is 0 Å². The third-order valence-electron chi connectivity index (χ3n) is 7.14. The van der Waals surface area contributed by atoms with E-state index in [1.54, 1.807) is 12.5 Å². The number of tetrazole rings is 1. The van der Waals surface area contributed by atoms with E-state index in [-0.39, 0.29) is 0 Å².